The van der Waals surface area contributed by atoms with Crippen LogP contribution in [0.4, 0.5) is 0 Å². The molecular formula is C21H22Cl4N4O5. The van der Waals surface area contributed by atoms with Gasteiger partial charge >= 0.3 is 11.8 Å². The summed E-state index contributed by atoms with van der Waals surface area (Å²) in [5.41, 5.74) is 0.164. The van der Waals surface area contributed by atoms with Crippen molar-refractivity contribution in [3.63, 3.8) is 0 Å². The van der Waals surface area contributed by atoms with Crippen molar-refractivity contribution in [1.29, 1.82) is 0 Å². The van der Waals surface area contributed by atoms with Gasteiger partial charge in [0.15, 0.2) is 0 Å². The highest BCUT2D eigenvalue weighted by Gasteiger charge is 2.48. The Morgan fingerprint density at radius 3 is 1.59 bits per heavy atom. The van der Waals surface area contributed by atoms with Crippen LogP contribution in [0.3, 0.4) is 0 Å². The Labute approximate surface area is 216 Å². The lowest BCUT2D eigenvalue weighted by Gasteiger charge is -2.55. The molecule has 2 N–H and O–H groups in total. The lowest BCUT2D eigenvalue weighted by atomic mass is 9.77. The van der Waals surface area contributed by atoms with Crippen molar-refractivity contribution in [2.24, 2.45) is 0 Å². The normalized spacial score (nSPS) is 19.2. The SMILES string of the molecule is CC(=O)N1C(C)(C)CC(NC(=O)C(=O)NN2C(=O)c3c(Cl)c(Cl)c(Cl)c(Cl)c3C2=O)CC1(C)C. The van der Waals surface area contributed by atoms with Crippen LogP contribution in [-0.2, 0) is 14.4 Å². The quantitative estimate of drug-likeness (QED) is 0.252. The van der Waals surface area contributed by atoms with Gasteiger partial charge in [-0.2, -0.15) is 5.01 Å². The van der Waals surface area contributed by atoms with Crippen LogP contribution in [0, 0.1) is 0 Å². The van der Waals surface area contributed by atoms with E-state index in [1.54, 1.807) is 4.90 Å². The number of halogens is 4. The van der Waals surface area contributed by atoms with Gasteiger partial charge < -0.3 is 10.2 Å². The lowest BCUT2D eigenvalue weighted by Crippen LogP contribution is -2.66. The number of carbonyl (C=O) groups is 5. The van der Waals surface area contributed by atoms with Crippen molar-refractivity contribution in [2.45, 2.75) is 64.6 Å². The molecule has 1 aromatic rings. The predicted octanol–water partition coefficient (Wildman–Crippen LogP) is 3.61. The second-order valence-corrected chi connectivity index (χ2v) is 11.0. The summed E-state index contributed by atoms with van der Waals surface area (Å²) < 4.78 is 0. The monoisotopic (exact) mass is 550 g/mol. The van der Waals surface area contributed by atoms with Gasteiger partial charge in [-0.05, 0) is 40.5 Å². The average molecular weight is 552 g/mol. The van der Waals surface area contributed by atoms with Crippen molar-refractivity contribution in [3.05, 3.63) is 31.2 Å². The fraction of sp³-hybridized carbons (Fsp3) is 0.476. The van der Waals surface area contributed by atoms with E-state index in [-0.39, 0.29) is 37.1 Å². The second kappa shape index (κ2) is 8.86. The molecule has 184 valence electrons. The molecule has 0 bridgehead atoms. The Balaban J connectivity index is 1.76. The van der Waals surface area contributed by atoms with Crippen molar-refractivity contribution in [1.82, 2.24) is 20.7 Å². The summed E-state index contributed by atoms with van der Waals surface area (Å²) in [6, 6.07) is -0.442. The number of fused-ring (bicyclic) bond motifs is 1. The number of likely N-dealkylation sites (tertiary alicyclic amines) is 1. The van der Waals surface area contributed by atoms with Crippen LogP contribution in [0.5, 0.6) is 0 Å². The molecule has 0 saturated carbocycles. The molecule has 3 rings (SSSR count). The molecule has 34 heavy (non-hydrogen) atoms. The molecule has 2 aliphatic rings. The number of hydrogen-bond acceptors (Lipinski definition) is 5. The van der Waals surface area contributed by atoms with E-state index in [0.717, 1.165) is 0 Å². The van der Waals surface area contributed by atoms with Gasteiger partial charge in [-0.15, -0.1) is 0 Å². The zero-order valence-electron chi connectivity index (χ0n) is 18.9. The first-order valence-electron chi connectivity index (χ1n) is 10.2. The number of amides is 5. The number of imide groups is 1. The standard InChI is InChI=1S/C21H22Cl4N4O5/c1-8(30)29-20(2,3)6-9(7-21(29,4)5)26-16(31)17(32)27-28-18(33)10-11(19(28)34)13(23)15(25)14(24)12(10)22/h9H,6-7H2,1-5H3,(H,26,31)(H,27,32). The molecule has 0 spiro atoms. The topological polar surface area (TPSA) is 116 Å². The van der Waals surface area contributed by atoms with E-state index in [0.29, 0.717) is 17.9 Å². The van der Waals surface area contributed by atoms with Gasteiger partial charge in [0.05, 0.1) is 31.2 Å². The van der Waals surface area contributed by atoms with Crippen LogP contribution in [0.2, 0.25) is 20.1 Å². The molecule has 1 saturated heterocycles. The predicted molar refractivity (Wildman–Crippen MR) is 127 cm³/mol. The number of benzene rings is 1. The maximum atomic E-state index is 12.7. The van der Waals surface area contributed by atoms with Gasteiger partial charge in [0.1, 0.15) is 0 Å². The molecule has 5 amide bonds. The summed E-state index contributed by atoms with van der Waals surface area (Å²) in [7, 11) is 0. The molecule has 9 nitrogen and oxygen atoms in total. The Morgan fingerprint density at radius 2 is 1.21 bits per heavy atom. The number of nitrogens with one attached hydrogen (secondary N) is 2. The molecular weight excluding hydrogens is 530 g/mol. The Morgan fingerprint density at radius 1 is 0.794 bits per heavy atom. The maximum Gasteiger partial charge on any atom is 0.328 e. The molecule has 13 heteroatoms. The Kier molecular flexibility index (Phi) is 6.91. The average Bonchev–Trinajstić information content (AvgIpc) is 2.92. The van der Waals surface area contributed by atoms with Crippen LogP contribution < -0.4 is 10.7 Å². The van der Waals surface area contributed by atoms with Gasteiger partial charge in [-0.25, -0.2) is 5.43 Å². The minimum Gasteiger partial charge on any atom is -0.345 e. The van der Waals surface area contributed by atoms with Crippen LogP contribution >= 0.6 is 46.4 Å². The number of nitrogens with zero attached hydrogens (tertiary/aromatic N) is 2. The number of hydrogen-bond donors (Lipinski definition) is 2. The summed E-state index contributed by atoms with van der Waals surface area (Å²) in [5, 5.41) is 1.92. The van der Waals surface area contributed by atoms with Gasteiger partial charge in [-0.3, -0.25) is 24.0 Å². The smallest absolute Gasteiger partial charge is 0.328 e. The first kappa shape index (κ1) is 26.5. The van der Waals surface area contributed by atoms with E-state index >= 15 is 0 Å². The number of carbonyl (C=O) groups excluding carboxylic acids is 5. The summed E-state index contributed by atoms with van der Waals surface area (Å²) in [6.07, 6.45) is 0.786. The summed E-state index contributed by atoms with van der Waals surface area (Å²) in [4.78, 5) is 64.6. The van der Waals surface area contributed by atoms with Gasteiger partial charge in [0.2, 0.25) is 5.91 Å². The summed E-state index contributed by atoms with van der Waals surface area (Å²) >= 11 is 24.0. The van der Waals surface area contributed by atoms with Gasteiger partial charge in [0.25, 0.3) is 11.8 Å². The molecule has 0 aromatic heterocycles. The number of hydrazine groups is 1. The van der Waals surface area contributed by atoms with Crippen molar-refractivity contribution < 1.29 is 24.0 Å². The third-order valence-electron chi connectivity index (χ3n) is 5.87. The highest BCUT2D eigenvalue weighted by Crippen LogP contribution is 2.44. The lowest BCUT2D eigenvalue weighted by molar-refractivity contribution is -0.149. The second-order valence-electron chi connectivity index (χ2n) is 9.45. The van der Waals surface area contributed by atoms with E-state index in [4.69, 9.17) is 46.4 Å². The zero-order valence-corrected chi connectivity index (χ0v) is 22.0. The van der Waals surface area contributed by atoms with E-state index < -0.39 is 40.7 Å². The zero-order chi connectivity index (χ0) is 25.9. The Bertz CT molecular complexity index is 1090. The molecule has 0 aliphatic carbocycles. The van der Waals surface area contributed by atoms with E-state index in [9.17, 15) is 24.0 Å². The van der Waals surface area contributed by atoms with Crippen molar-refractivity contribution in [2.75, 3.05) is 0 Å². The van der Waals surface area contributed by atoms with E-state index in [1.165, 1.54) is 6.92 Å². The van der Waals surface area contributed by atoms with E-state index in [1.807, 2.05) is 33.1 Å². The van der Waals surface area contributed by atoms with Crippen LogP contribution in [0.25, 0.3) is 0 Å². The highest BCUT2D eigenvalue weighted by atomic mass is 35.5. The van der Waals surface area contributed by atoms with E-state index in [2.05, 4.69) is 5.32 Å². The molecule has 2 heterocycles. The minimum absolute atomic E-state index is 0.0966. The molecule has 0 unspecified atom stereocenters. The third-order valence-corrected chi connectivity index (χ3v) is 7.68. The number of piperidine rings is 1. The van der Waals surface area contributed by atoms with Gasteiger partial charge in [-0.1, -0.05) is 46.4 Å². The van der Waals surface area contributed by atoms with Gasteiger partial charge in [0, 0.05) is 24.0 Å². The Hall–Kier alpha value is -2.07. The molecule has 1 aromatic carbocycles. The molecule has 2 aliphatic heterocycles. The van der Waals surface area contributed by atoms with Crippen LogP contribution in [0.15, 0.2) is 0 Å². The summed E-state index contributed by atoms with van der Waals surface area (Å²) in [5.74, 6) is -4.42. The fourth-order valence-electron chi connectivity index (χ4n) is 5.09. The third kappa shape index (κ3) is 4.34. The largest absolute Gasteiger partial charge is 0.345 e. The highest BCUT2D eigenvalue weighted by molar-refractivity contribution is 6.55. The molecule has 0 atom stereocenters. The fourth-order valence-corrected chi connectivity index (χ4v) is 6.10. The van der Waals surface area contributed by atoms with Crippen molar-refractivity contribution >= 4 is 75.9 Å². The number of rotatable bonds is 2. The maximum absolute atomic E-state index is 12.7. The minimum atomic E-state index is -1.25. The first-order valence-corrected chi connectivity index (χ1v) is 11.7. The molecule has 0 radical (unpaired) electrons. The summed E-state index contributed by atoms with van der Waals surface area (Å²) in [6.45, 7) is 8.97. The molecule has 1 fully saturated rings. The van der Waals surface area contributed by atoms with Crippen LogP contribution in [-0.4, -0.2) is 56.6 Å². The van der Waals surface area contributed by atoms with Crippen molar-refractivity contribution in [3.8, 4) is 0 Å². The first-order chi connectivity index (χ1) is 15.5. The van der Waals surface area contributed by atoms with Crippen LogP contribution in [0.1, 0.15) is 68.2 Å².